The average Bonchev–Trinajstić information content (AvgIpc) is 2.73. The molecule has 0 aliphatic rings. The molecule has 0 unspecified atom stereocenters. The summed E-state index contributed by atoms with van der Waals surface area (Å²) < 4.78 is 38.1. The normalized spacial score (nSPS) is 11.1. The second-order valence-corrected chi connectivity index (χ2v) is 3.34. The third-order valence-electron chi connectivity index (χ3n) is 1.94. The van der Waals surface area contributed by atoms with Crippen LogP contribution >= 0.6 is 0 Å². The fourth-order valence-corrected chi connectivity index (χ4v) is 1.21. The molecule has 0 bridgehead atoms. The fraction of sp³-hybridized carbons (Fsp3) is 0.545. The van der Waals surface area contributed by atoms with E-state index in [-0.39, 0.29) is 31.2 Å². The van der Waals surface area contributed by atoms with Crippen molar-refractivity contribution >= 4 is 5.78 Å². The molecular formula is C11H14F2O4. The third kappa shape index (κ3) is 5.06. The molecule has 0 spiro atoms. The van der Waals surface area contributed by atoms with Gasteiger partial charge in [-0.2, -0.15) is 0 Å². The smallest absolute Gasteiger partial charge is 0.261 e. The van der Waals surface area contributed by atoms with E-state index in [0.29, 0.717) is 5.76 Å². The predicted molar refractivity (Wildman–Crippen MR) is 55.2 cm³/mol. The molecule has 17 heavy (non-hydrogen) atoms. The van der Waals surface area contributed by atoms with Crippen LogP contribution in [-0.4, -0.2) is 32.5 Å². The molecule has 0 saturated carbocycles. The number of hydrogen-bond donors (Lipinski definition) is 0. The lowest BCUT2D eigenvalue weighted by Crippen LogP contribution is -2.09. The Bertz CT molecular complexity index is 349. The number of halogens is 2. The lowest BCUT2D eigenvalue weighted by molar-refractivity contribution is 0.0167. The van der Waals surface area contributed by atoms with Gasteiger partial charge in [0.05, 0.1) is 6.61 Å². The van der Waals surface area contributed by atoms with Crippen LogP contribution in [0.25, 0.3) is 0 Å². The Hall–Kier alpha value is -1.27. The van der Waals surface area contributed by atoms with Crippen molar-refractivity contribution in [2.24, 2.45) is 0 Å². The van der Waals surface area contributed by atoms with Gasteiger partial charge in [0.1, 0.15) is 19.0 Å². The minimum Gasteiger partial charge on any atom is -0.456 e. The maximum absolute atomic E-state index is 11.7. The van der Waals surface area contributed by atoms with E-state index < -0.39 is 13.0 Å². The molecule has 0 N–H and O–H groups in total. The summed E-state index contributed by atoms with van der Waals surface area (Å²) in [7, 11) is 1.52. The average molecular weight is 248 g/mol. The number of hydrogen-bond acceptors (Lipinski definition) is 4. The molecule has 0 saturated heterocycles. The zero-order chi connectivity index (χ0) is 12.7. The van der Waals surface area contributed by atoms with Crippen molar-refractivity contribution in [3.05, 3.63) is 23.7 Å². The van der Waals surface area contributed by atoms with Gasteiger partial charge in [-0.3, -0.25) is 4.79 Å². The van der Waals surface area contributed by atoms with Gasteiger partial charge in [0.15, 0.2) is 11.5 Å². The molecule has 1 aromatic heterocycles. The van der Waals surface area contributed by atoms with Crippen LogP contribution in [-0.2, 0) is 16.1 Å². The molecule has 1 aromatic rings. The van der Waals surface area contributed by atoms with Crippen LogP contribution in [0.1, 0.15) is 22.7 Å². The maximum atomic E-state index is 11.7. The number of rotatable bonds is 8. The summed E-state index contributed by atoms with van der Waals surface area (Å²) in [5, 5.41) is 0. The van der Waals surface area contributed by atoms with Gasteiger partial charge in [-0.05, 0) is 12.1 Å². The molecule has 6 heteroatoms. The number of methoxy groups -OCH3 is 1. The Balaban J connectivity index is 2.31. The molecule has 0 atom stereocenters. The van der Waals surface area contributed by atoms with Gasteiger partial charge >= 0.3 is 0 Å². The number of furan rings is 1. The van der Waals surface area contributed by atoms with Crippen molar-refractivity contribution in [3.8, 4) is 0 Å². The minimum absolute atomic E-state index is 0.0205. The van der Waals surface area contributed by atoms with Gasteiger partial charge in [0.2, 0.25) is 0 Å². The highest BCUT2D eigenvalue weighted by Crippen LogP contribution is 2.11. The third-order valence-corrected chi connectivity index (χ3v) is 1.94. The predicted octanol–water partition coefficient (Wildman–Crippen LogP) is 2.28. The summed E-state index contributed by atoms with van der Waals surface area (Å²) in [6.07, 6.45) is -2.49. The highest BCUT2D eigenvalue weighted by molar-refractivity contribution is 5.93. The summed E-state index contributed by atoms with van der Waals surface area (Å²) in [5.74, 6) is 0.462. The molecule has 0 fully saturated rings. The first-order valence-electron chi connectivity index (χ1n) is 5.10. The lowest BCUT2D eigenvalue weighted by Gasteiger charge is -2.01. The first kappa shape index (κ1) is 13.8. The van der Waals surface area contributed by atoms with Crippen molar-refractivity contribution in [1.29, 1.82) is 0 Å². The van der Waals surface area contributed by atoms with Gasteiger partial charge in [0.25, 0.3) is 6.43 Å². The molecule has 4 nitrogen and oxygen atoms in total. The summed E-state index contributed by atoms with van der Waals surface area (Å²) in [4.78, 5) is 11.5. The van der Waals surface area contributed by atoms with Crippen LogP contribution in [0.4, 0.5) is 8.78 Å². The summed E-state index contributed by atoms with van der Waals surface area (Å²) in [5.41, 5.74) is 0. The van der Waals surface area contributed by atoms with Crippen molar-refractivity contribution in [2.75, 3.05) is 20.3 Å². The molecule has 1 heterocycles. The van der Waals surface area contributed by atoms with Crippen LogP contribution in [0.2, 0.25) is 0 Å². The Morgan fingerprint density at radius 2 is 2.24 bits per heavy atom. The maximum Gasteiger partial charge on any atom is 0.261 e. The number of carbonyl (C=O) groups is 1. The number of ether oxygens (including phenoxy) is 2. The monoisotopic (exact) mass is 248 g/mol. The molecule has 0 aliphatic carbocycles. The van der Waals surface area contributed by atoms with Crippen LogP contribution in [0.15, 0.2) is 16.5 Å². The molecular weight excluding hydrogens is 234 g/mol. The van der Waals surface area contributed by atoms with Crippen LogP contribution in [0, 0.1) is 0 Å². The fourth-order valence-electron chi connectivity index (χ4n) is 1.21. The quantitative estimate of drug-likeness (QED) is 0.523. The Morgan fingerprint density at radius 3 is 2.88 bits per heavy atom. The zero-order valence-corrected chi connectivity index (χ0v) is 9.45. The first-order chi connectivity index (χ1) is 8.13. The highest BCUT2D eigenvalue weighted by Gasteiger charge is 2.11. The second kappa shape index (κ2) is 7.13. The van der Waals surface area contributed by atoms with Crippen LogP contribution in [0.3, 0.4) is 0 Å². The summed E-state index contributed by atoms with van der Waals surface area (Å²) in [6, 6.07) is 3.17. The summed E-state index contributed by atoms with van der Waals surface area (Å²) in [6.45, 7) is -0.404. The SMILES string of the molecule is COCc1ccc(C(=O)CCOCC(F)F)o1. The second-order valence-electron chi connectivity index (χ2n) is 3.34. The Labute approximate surface area is 97.5 Å². The molecule has 0 aliphatic heterocycles. The van der Waals surface area contributed by atoms with E-state index in [0.717, 1.165) is 0 Å². The van der Waals surface area contributed by atoms with Gasteiger partial charge in [-0.15, -0.1) is 0 Å². The molecule has 0 radical (unpaired) electrons. The number of carbonyl (C=O) groups excluding carboxylic acids is 1. The van der Waals surface area contributed by atoms with Crippen LogP contribution < -0.4 is 0 Å². The molecule has 0 amide bonds. The van der Waals surface area contributed by atoms with Gasteiger partial charge < -0.3 is 13.9 Å². The molecule has 1 rings (SSSR count). The van der Waals surface area contributed by atoms with E-state index in [1.165, 1.54) is 13.2 Å². The Morgan fingerprint density at radius 1 is 1.47 bits per heavy atom. The van der Waals surface area contributed by atoms with E-state index in [4.69, 9.17) is 9.15 Å². The number of ketones is 1. The van der Waals surface area contributed by atoms with E-state index in [2.05, 4.69) is 4.74 Å². The lowest BCUT2D eigenvalue weighted by atomic mass is 10.2. The van der Waals surface area contributed by atoms with E-state index in [9.17, 15) is 13.6 Å². The van der Waals surface area contributed by atoms with Crippen molar-refractivity contribution in [2.45, 2.75) is 19.5 Å². The topological polar surface area (TPSA) is 48.7 Å². The van der Waals surface area contributed by atoms with Crippen molar-refractivity contribution in [3.63, 3.8) is 0 Å². The van der Waals surface area contributed by atoms with Gasteiger partial charge in [-0.1, -0.05) is 0 Å². The Kier molecular flexibility index (Phi) is 5.79. The number of Topliss-reactive ketones (excluding diaryl/α,β-unsaturated/α-hetero) is 1. The van der Waals surface area contributed by atoms with E-state index in [1.807, 2.05) is 0 Å². The van der Waals surface area contributed by atoms with E-state index in [1.54, 1.807) is 6.07 Å². The van der Waals surface area contributed by atoms with Crippen LogP contribution in [0.5, 0.6) is 0 Å². The van der Waals surface area contributed by atoms with Crippen molar-refractivity contribution in [1.82, 2.24) is 0 Å². The first-order valence-corrected chi connectivity index (χ1v) is 5.10. The standard InChI is InChI=1S/C11H14F2O4/c1-15-6-8-2-3-10(17-8)9(14)4-5-16-7-11(12)13/h2-3,11H,4-7H2,1H3. The van der Waals surface area contributed by atoms with E-state index >= 15 is 0 Å². The zero-order valence-electron chi connectivity index (χ0n) is 9.45. The van der Waals surface area contributed by atoms with Gasteiger partial charge in [0, 0.05) is 13.5 Å². The minimum atomic E-state index is -2.51. The molecule has 96 valence electrons. The highest BCUT2D eigenvalue weighted by atomic mass is 19.3. The van der Waals surface area contributed by atoms with Gasteiger partial charge in [-0.25, -0.2) is 8.78 Å². The largest absolute Gasteiger partial charge is 0.456 e. The molecule has 0 aromatic carbocycles. The summed E-state index contributed by atoms with van der Waals surface area (Å²) >= 11 is 0. The number of alkyl halides is 2. The van der Waals surface area contributed by atoms with Crippen molar-refractivity contribution < 1.29 is 27.5 Å².